The molecule has 1 aromatic heterocycles. The van der Waals surface area contributed by atoms with E-state index in [-0.39, 0.29) is 12.8 Å². The Morgan fingerprint density at radius 1 is 1.47 bits per heavy atom. The van der Waals surface area contributed by atoms with E-state index in [1.165, 1.54) is 0 Å². The van der Waals surface area contributed by atoms with Gasteiger partial charge in [0.1, 0.15) is 0 Å². The van der Waals surface area contributed by atoms with Crippen molar-refractivity contribution in [1.29, 1.82) is 0 Å². The van der Waals surface area contributed by atoms with Gasteiger partial charge in [-0.25, -0.2) is 4.39 Å². The van der Waals surface area contributed by atoms with E-state index in [1.54, 1.807) is 24.4 Å². The maximum absolute atomic E-state index is 14.0. The van der Waals surface area contributed by atoms with Crippen LogP contribution in [-0.4, -0.2) is 16.1 Å². The maximum Gasteiger partial charge on any atom is 0.303 e. The van der Waals surface area contributed by atoms with Crippen molar-refractivity contribution in [2.75, 3.05) is 0 Å². The fourth-order valence-corrected chi connectivity index (χ4v) is 1.83. The minimum Gasteiger partial charge on any atom is -0.481 e. The van der Waals surface area contributed by atoms with E-state index in [4.69, 9.17) is 10.8 Å². The van der Waals surface area contributed by atoms with Crippen molar-refractivity contribution >= 4 is 16.9 Å². The number of benzene rings is 1. The van der Waals surface area contributed by atoms with Gasteiger partial charge in [0.2, 0.25) is 0 Å². The van der Waals surface area contributed by atoms with Gasteiger partial charge in [-0.2, -0.15) is 0 Å². The zero-order valence-corrected chi connectivity index (χ0v) is 9.11. The topological polar surface area (TPSA) is 79.1 Å². The number of rotatable bonds is 4. The van der Waals surface area contributed by atoms with Crippen molar-refractivity contribution in [3.8, 4) is 0 Å². The van der Waals surface area contributed by atoms with Crippen molar-refractivity contribution in [2.24, 2.45) is 5.73 Å². The number of hydrogen-bond acceptors (Lipinski definition) is 2. The Morgan fingerprint density at radius 3 is 2.94 bits per heavy atom. The van der Waals surface area contributed by atoms with E-state index in [9.17, 15) is 9.18 Å². The molecule has 0 bridgehead atoms. The molecule has 0 aliphatic rings. The first-order chi connectivity index (χ1) is 8.09. The average molecular weight is 236 g/mol. The van der Waals surface area contributed by atoms with Gasteiger partial charge >= 0.3 is 5.97 Å². The van der Waals surface area contributed by atoms with Crippen LogP contribution in [0.1, 0.15) is 24.4 Å². The summed E-state index contributed by atoms with van der Waals surface area (Å²) < 4.78 is 14.0. The van der Waals surface area contributed by atoms with Gasteiger partial charge in [0, 0.05) is 29.6 Å². The highest BCUT2D eigenvalue weighted by Gasteiger charge is 2.15. The second-order valence-electron chi connectivity index (χ2n) is 3.95. The van der Waals surface area contributed by atoms with Crippen LogP contribution in [0.15, 0.2) is 24.4 Å². The molecule has 2 aromatic rings. The number of nitrogens with one attached hydrogen (secondary N) is 1. The maximum atomic E-state index is 14.0. The molecule has 0 radical (unpaired) electrons. The van der Waals surface area contributed by atoms with Crippen molar-refractivity contribution in [3.63, 3.8) is 0 Å². The molecule has 4 nitrogen and oxygen atoms in total. The summed E-state index contributed by atoms with van der Waals surface area (Å²) in [6, 6.07) is 4.55. The predicted molar refractivity (Wildman–Crippen MR) is 62.1 cm³/mol. The Labute approximate surface area is 97.2 Å². The van der Waals surface area contributed by atoms with Gasteiger partial charge in [0.25, 0.3) is 0 Å². The smallest absolute Gasteiger partial charge is 0.303 e. The number of aromatic amines is 1. The summed E-state index contributed by atoms with van der Waals surface area (Å²) in [6.07, 6.45) is 1.81. The van der Waals surface area contributed by atoms with E-state index in [0.717, 1.165) is 5.39 Å². The highest BCUT2D eigenvalue weighted by molar-refractivity contribution is 5.80. The second-order valence-corrected chi connectivity index (χ2v) is 3.95. The van der Waals surface area contributed by atoms with Gasteiger partial charge in [0.15, 0.2) is 5.82 Å². The van der Waals surface area contributed by atoms with Gasteiger partial charge < -0.3 is 15.8 Å². The molecule has 0 spiro atoms. The van der Waals surface area contributed by atoms with Gasteiger partial charge in [-0.05, 0) is 12.5 Å². The zero-order chi connectivity index (χ0) is 12.4. The molecule has 4 N–H and O–H groups in total. The molecule has 0 saturated heterocycles. The van der Waals surface area contributed by atoms with Crippen molar-refractivity contribution in [2.45, 2.75) is 18.9 Å². The monoisotopic (exact) mass is 236 g/mol. The number of fused-ring (bicyclic) bond motifs is 1. The molecule has 90 valence electrons. The largest absolute Gasteiger partial charge is 0.481 e. The Kier molecular flexibility index (Phi) is 3.10. The first kappa shape index (κ1) is 11.6. The number of H-pyrrole nitrogens is 1. The molecule has 0 fully saturated rings. The quantitative estimate of drug-likeness (QED) is 0.761. The summed E-state index contributed by atoms with van der Waals surface area (Å²) >= 11 is 0. The molecule has 1 atom stereocenters. The summed E-state index contributed by atoms with van der Waals surface area (Å²) in [7, 11) is 0. The van der Waals surface area contributed by atoms with Crippen molar-refractivity contribution in [3.05, 3.63) is 35.8 Å². The van der Waals surface area contributed by atoms with Gasteiger partial charge in [-0.15, -0.1) is 0 Å². The van der Waals surface area contributed by atoms with Crippen LogP contribution in [0.2, 0.25) is 0 Å². The average Bonchev–Trinajstić information content (AvgIpc) is 2.75. The number of aromatic nitrogens is 1. The summed E-state index contributed by atoms with van der Waals surface area (Å²) in [5.74, 6) is -1.33. The van der Waals surface area contributed by atoms with Crippen LogP contribution in [0, 0.1) is 5.82 Å². The van der Waals surface area contributed by atoms with Crippen LogP contribution in [0.25, 0.3) is 10.9 Å². The Morgan fingerprint density at radius 2 is 2.24 bits per heavy atom. The van der Waals surface area contributed by atoms with Crippen LogP contribution in [0.5, 0.6) is 0 Å². The molecular weight excluding hydrogens is 223 g/mol. The minimum absolute atomic E-state index is 0.0661. The van der Waals surface area contributed by atoms with E-state index in [0.29, 0.717) is 11.1 Å². The zero-order valence-electron chi connectivity index (χ0n) is 9.11. The summed E-state index contributed by atoms with van der Waals surface area (Å²) in [5, 5.41) is 9.34. The lowest BCUT2D eigenvalue weighted by atomic mass is 10.0. The number of halogens is 1. The van der Waals surface area contributed by atoms with Crippen LogP contribution in [-0.2, 0) is 4.79 Å². The lowest BCUT2D eigenvalue weighted by Gasteiger charge is -2.12. The van der Waals surface area contributed by atoms with E-state index < -0.39 is 17.8 Å². The molecule has 0 aliphatic carbocycles. The minimum atomic E-state index is -0.929. The second kappa shape index (κ2) is 4.55. The molecule has 0 aliphatic heterocycles. The molecule has 5 heteroatoms. The Balaban J connectivity index is 2.28. The first-order valence-corrected chi connectivity index (χ1v) is 5.32. The van der Waals surface area contributed by atoms with Crippen molar-refractivity contribution in [1.82, 2.24) is 4.98 Å². The highest BCUT2D eigenvalue weighted by atomic mass is 19.1. The molecule has 17 heavy (non-hydrogen) atoms. The summed E-state index contributed by atoms with van der Waals surface area (Å²) in [4.78, 5) is 13.2. The normalized spacial score (nSPS) is 12.8. The fraction of sp³-hybridized carbons (Fsp3) is 0.250. The summed E-state index contributed by atoms with van der Waals surface area (Å²) in [6.45, 7) is 0. The van der Waals surface area contributed by atoms with Crippen LogP contribution >= 0.6 is 0 Å². The van der Waals surface area contributed by atoms with Gasteiger partial charge in [0.05, 0.1) is 5.52 Å². The number of carboxylic acids is 1. The van der Waals surface area contributed by atoms with E-state index >= 15 is 0 Å². The Bertz CT molecular complexity index is 550. The third-order valence-electron chi connectivity index (χ3n) is 2.76. The fourth-order valence-electron chi connectivity index (χ4n) is 1.83. The lowest BCUT2D eigenvalue weighted by Crippen LogP contribution is -2.14. The molecule has 2 rings (SSSR count). The number of hydrogen-bond donors (Lipinski definition) is 3. The third-order valence-corrected chi connectivity index (χ3v) is 2.76. The lowest BCUT2D eigenvalue weighted by molar-refractivity contribution is -0.137. The number of carbonyl (C=O) groups is 1. The van der Waals surface area contributed by atoms with Crippen LogP contribution in [0.4, 0.5) is 4.39 Å². The van der Waals surface area contributed by atoms with Gasteiger partial charge in [-0.3, -0.25) is 4.79 Å². The molecule has 0 amide bonds. The van der Waals surface area contributed by atoms with E-state index in [2.05, 4.69) is 4.98 Å². The highest BCUT2D eigenvalue weighted by Crippen LogP contribution is 2.25. The Hall–Kier alpha value is -1.88. The molecule has 0 saturated carbocycles. The first-order valence-electron chi connectivity index (χ1n) is 5.32. The molecule has 1 unspecified atom stereocenters. The van der Waals surface area contributed by atoms with E-state index in [1.807, 2.05) is 0 Å². The molecular formula is C12H13FN2O2. The van der Waals surface area contributed by atoms with Crippen LogP contribution < -0.4 is 5.73 Å². The van der Waals surface area contributed by atoms with Crippen LogP contribution in [0.3, 0.4) is 0 Å². The number of nitrogens with two attached hydrogens (primary N) is 1. The number of carboxylic acid groups (broad SMARTS) is 1. The third kappa shape index (κ3) is 2.29. The summed E-state index contributed by atoms with van der Waals surface area (Å²) in [5.41, 5.74) is 6.55. The number of aliphatic carboxylic acids is 1. The predicted octanol–water partition coefficient (Wildman–Crippen LogP) is 2.17. The molecule has 1 aromatic carbocycles. The standard InChI is InChI=1S/C12H13FN2O2/c13-11-8(9(14)3-4-10(16)17)2-1-7-5-6-15-12(7)11/h1-2,5-6,9,15H,3-4,14H2,(H,16,17). The SMILES string of the molecule is NC(CCC(=O)O)c1ccc2cc[nH]c2c1F. The van der Waals surface area contributed by atoms with Crippen molar-refractivity contribution < 1.29 is 14.3 Å². The molecule has 1 heterocycles. The van der Waals surface area contributed by atoms with Gasteiger partial charge in [-0.1, -0.05) is 12.1 Å².